The number of aliphatic hydroxyl groups is 1. The minimum atomic E-state index is -1.03. The lowest BCUT2D eigenvalue weighted by molar-refractivity contribution is 0.0703. The normalized spacial score (nSPS) is 17.5. The average molecular weight is 351 g/mol. The Balaban J connectivity index is 1.70. The Labute approximate surface area is 154 Å². The zero-order chi connectivity index (χ0) is 18.7. The molecule has 3 rings (SSSR count). The highest BCUT2D eigenvalue weighted by molar-refractivity contribution is 5.94. The Morgan fingerprint density at radius 3 is 2.65 bits per heavy atom. The maximum Gasteiger partial charge on any atom is 0.253 e. The highest BCUT2D eigenvalue weighted by Crippen LogP contribution is 2.26. The molecule has 0 bridgehead atoms. The Morgan fingerprint density at radius 2 is 2.04 bits per heavy atom. The predicted octanol–water partition coefficient (Wildman–Crippen LogP) is 2.56. The number of amides is 1. The molecular formula is C21H25N3O2. The van der Waals surface area contributed by atoms with Gasteiger partial charge in [-0.1, -0.05) is 11.8 Å². The van der Waals surface area contributed by atoms with Crippen LogP contribution in [0.3, 0.4) is 0 Å². The van der Waals surface area contributed by atoms with Crippen molar-refractivity contribution in [1.82, 2.24) is 14.5 Å². The van der Waals surface area contributed by atoms with Gasteiger partial charge >= 0.3 is 0 Å². The number of aromatic nitrogens is 2. The van der Waals surface area contributed by atoms with E-state index >= 15 is 0 Å². The topological polar surface area (TPSA) is 58.4 Å². The number of imidazole rings is 1. The molecule has 5 nitrogen and oxygen atoms in total. The zero-order valence-electron chi connectivity index (χ0n) is 15.6. The van der Waals surface area contributed by atoms with Crippen LogP contribution in [0.15, 0.2) is 36.7 Å². The first-order chi connectivity index (χ1) is 12.3. The molecule has 1 amide bonds. The summed E-state index contributed by atoms with van der Waals surface area (Å²) in [5.41, 5.74) is 0.426. The van der Waals surface area contributed by atoms with Crippen molar-refractivity contribution in [1.29, 1.82) is 0 Å². The number of carbonyl (C=O) groups is 1. The van der Waals surface area contributed by atoms with E-state index in [1.165, 1.54) is 0 Å². The molecule has 1 fully saturated rings. The first-order valence-corrected chi connectivity index (χ1v) is 8.95. The predicted molar refractivity (Wildman–Crippen MR) is 101 cm³/mol. The van der Waals surface area contributed by atoms with Gasteiger partial charge in [-0.05, 0) is 51.0 Å². The van der Waals surface area contributed by atoms with Gasteiger partial charge in [0, 0.05) is 49.6 Å². The third-order valence-corrected chi connectivity index (χ3v) is 4.58. The number of rotatable bonds is 2. The highest BCUT2D eigenvalue weighted by atomic mass is 16.3. The van der Waals surface area contributed by atoms with Gasteiger partial charge in [0.15, 0.2) is 0 Å². The number of piperidine rings is 1. The van der Waals surface area contributed by atoms with E-state index in [9.17, 15) is 9.90 Å². The molecule has 1 aromatic heterocycles. The lowest BCUT2D eigenvalue weighted by atomic mass is 9.96. The Hall–Kier alpha value is -2.58. The van der Waals surface area contributed by atoms with Gasteiger partial charge in [0.05, 0.1) is 0 Å². The van der Waals surface area contributed by atoms with Crippen molar-refractivity contribution in [3.63, 3.8) is 0 Å². The molecule has 26 heavy (non-hydrogen) atoms. The maximum absolute atomic E-state index is 12.9. The minimum absolute atomic E-state index is 0.0471. The van der Waals surface area contributed by atoms with Gasteiger partial charge in [-0.3, -0.25) is 4.79 Å². The quantitative estimate of drug-likeness (QED) is 0.846. The van der Waals surface area contributed by atoms with Crippen molar-refractivity contribution in [3.8, 4) is 11.8 Å². The number of hydrogen-bond donors (Lipinski definition) is 1. The second-order valence-electron chi connectivity index (χ2n) is 7.37. The van der Waals surface area contributed by atoms with E-state index in [-0.39, 0.29) is 11.8 Å². The lowest BCUT2D eigenvalue weighted by Crippen LogP contribution is -2.39. The van der Waals surface area contributed by atoms with Crippen LogP contribution >= 0.6 is 0 Å². The van der Waals surface area contributed by atoms with E-state index in [2.05, 4.69) is 16.8 Å². The third kappa shape index (κ3) is 4.33. The van der Waals surface area contributed by atoms with Gasteiger partial charge in [-0.15, -0.1) is 0 Å². The Kier molecular flexibility index (Phi) is 5.15. The number of hydrogen-bond acceptors (Lipinski definition) is 3. The van der Waals surface area contributed by atoms with E-state index in [0.717, 1.165) is 30.8 Å². The summed E-state index contributed by atoms with van der Waals surface area (Å²) in [5.74, 6) is 7.07. The lowest BCUT2D eigenvalue weighted by Gasteiger charge is -2.32. The largest absolute Gasteiger partial charge is 0.378 e. The number of aryl methyl sites for hydroxylation is 1. The second kappa shape index (κ2) is 7.35. The molecule has 2 aromatic rings. The zero-order valence-corrected chi connectivity index (χ0v) is 15.6. The van der Waals surface area contributed by atoms with E-state index in [1.807, 2.05) is 41.0 Å². The average Bonchev–Trinajstić information content (AvgIpc) is 3.05. The summed E-state index contributed by atoms with van der Waals surface area (Å²) in [5, 5.41) is 9.67. The molecule has 0 saturated carbocycles. The summed E-state index contributed by atoms with van der Waals surface area (Å²) in [7, 11) is 2.00. The second-order valence-corrected chi connectivity index (χ2v) is 7.37. The monoisotopic (exact) mass is 351 g/mol. The van der Waals surface area contributed by atoms with Gasteiger partial charge in [-0.2, -0.15) is 0 Å². The van der Waals surface area contributed by atoms with Crippen molar-refractivity contribution >= 4 is 5.91 Å². The van der Waals surface area contributed by atoms with E-state index in [1.54, 1.807) is 26.0 Å². The van der Waals surface area contributed by atoms with Crippen LogP contribution in [0.1, 0.15) is 54.4 Å². The van der Waals surface area contributed by atoms with Crippen molar-refractivity contribution in [2.75, 3.05) is 13.1 Å². The summed E-state index contributed by atoms with van der Waals surface area (Å²) >= 11 is 0. The van der Waals surface area contributed by atoms with Crippen LogP contribution in [-0.4, -0.2) is 44.2 Å². The van der Waals surface area contributed by atoms with Crippen molar-refractivity contribution < 1.29 is 9.90 Å². The van der Waals surface area contributed by atoms with Crippen LogP contribution in [0, 0.1) is 11.8 Å². The van der Waals surface area contributed by atoms with Crippen LogP contribution in [0.5, 0.6) is 0 Å². The van der Waals surface area contributed by atoms with Crippen molar-refractivity contribution in [3.05, 3.63) is 53.6 Å². The fourth-order valence-corrected chi connectivity index (χ4v) is 3.25. The number of carbonyl (C=O) groups excluding carboxylic acids is 1. The molecule has 0 spiro atoms. The Bertz CT molecular complexity index is 835. The maximum atomic E-state index is 12.9. The SMILES string of the molecule is Cn1ccnc1[C@@H]1CCCN(C(=O)c2ccc(C#CC(C)(C)O)cc2)C1. The van der Waals surface area contributed by atoms with Crippen molar-refractivity contribution in [2.24, 2.45) is 7.05 Å². The number of nitrogens with zero attached hydrogens (tertiary/aromatic N) is 3. The molecule has 1 N–H and O–H groups in total. The summed E-state index contributed by atoms with van der Waals surface area (Å²) in [4.78, 5) is 19.2. The molecular weight excluding hydrogens is 326 g/mol. The highest BCUT2D eigenvalue weighted by Gasteiger charge is 2.27. The van der Waals surface area contributed by atoms with Crippen LogP contribution < -0.4 is 0 Å². The van der Waals surface area contributed by atoms with Crippen LogP contribution in [0.2, 0.25) is 0 Å². The third-order valence-electron chi connectivity index (χ3n) is 4.58. The molecule has 0 radical (unpaired) electrons. The fourth-order valence-electron chi connectivity index (χ4n) is 3.25. The van der Waals surface area contributed by atoms with E-state index in [4.69, 9.17) is 0 Å². The smallest absolute Gasteiger partial charge is 0.253 e. The molecule has 1 saturated heterocycles. The van der Waals surface area contributed by atoms with Crippen LogP contribution in [0.4, 0.5) is 0 Å². The summed E-state index contributed by atoms with van der Waals surface area (Å²) in [6.07, 6.45) is 5.80. The summed E-state index contributed by atoms with van der Waals surface area (Å²) in [6, 6.07) is 7.26. The molecule has 1 aromatic carbocycles. The molecule has 1 aliphatic rings. The van der Waals surface area contributed by atoms with Crippen molar-refractivity contribution in [2.45, 2.75) is 38.2 Å². The molecule has 136 valence electrons. The van der Waals surface area contributed by atoms with E-state index in [0.29, 0.717) is 12.1 Å². The van der Waals surface area contributed by atoms with Crippen LogP contribution in [0.25, 0.3) is 0 Å². The van der Waals surface area contributed by atoms with Gasteiger partial charge in [0.25, 0.3) is 5.91 Å². The first-order valence-electron chi connectivity index (χ1n) is 8.95. The molecule has 0 unspecified atom stereocenters. The number of likely N-dealkylation sites (tertiary alicyclic amines) is 1. The standard InChI is InChI=1S/C21H25N3O2/c1-21(2,26)11-10-16-6-8-17(9-7-16)20(25)24-13-4-5-18(15-24)19-22-12-14-23(19)3/h6-9,12,14,18,26H,4-5,13,15H2,1-3H3/t18-/m1/s1. The first kappa shape index (κ1) is 18.2. The molecule has 1 aliphatic heterocycles. The molecule has 2 heterocycles. The molecule has 5 heteroatoms. The fraction of sp³-hybridized carbons (Fsp3) is 0.429. The van der Waals surface area contributed by atoms with Gasteiger partial charge < -0.3 is 14.6 Å². The van der Waals surface area contributed by atoms with Gasteiger partial charge in [0.2, 0.25) is 0 Å². The summed E-state index contributed by atoms with van der Waals surface area (Å²) < 4.78 is 2.04. The number of benzene rings is 1. The minimum Gasteiger partial charge on any atom is -0.378 e. The van der Waals surface area contributed by atoms with Gasteiger partial charge in [-0.25, -0.2) is 4.98 Å². The van der Waals surface area contributed by atoms with Crippen LogP contribution in [-0.2, 0) is 7.05 Å². The summed E-state index contributed by atoms with van der Waals surface area (Å²) in [6.45, 7) is 4.77. The molecule has 0 aliphatic carbocycles. The molecule has 1 atom stereocenters. The van der Waals surface area contributed by atoms with E-state index < -0.39 is 5.60 Å². The Morgan fingerprint density at radius 1 is 1.31 bits per heavy atom. The van der Waals surface area contributed by atoms with Gasteiger partial charge in [0.1, 0.15) is 11.4 Å².